The first-order valence-electron chi connectivity index (χ1n) is 10.6. The van der Waals surface area contributed by atoms with Gasteiger partial charge in [-0.25, -0.2) is 30.8 Å². The monoisotopic (exact) mass is 573 g/mol. The normalized spacial score (nSPS) is 12.6. The zero-order valence-corrected chi connectivity index (χ0v) is 21.3. The molecule has 0 N–H and O–H groups in total. The molecular formula is C19H29F6N3O6S2. The molecule has 0 aromatic carbocycles. The SMILES string of the molecule is C=C(C)C(=O)OCCCCCCCC[n+]1ccn(CC)c1.O=S(=O)([N-]S(=O)(=O)C(F)(F)F)C(F)(F)F. The first kappa shape index (κ1) is 33.9. The summed E-state index contributed by atoms with van der Waals surface area (Å²) in [5.41, 5.74) is -11.9. The van der Waals surface area contributed by atoms with Gasteiger partial charge in [0.2, 0.25) is 6.33 Å². The van der Waals surface area contributed by atoms with E-state index in [9.17, 15) is 48.0 Å². The molecule has 0 aliphatic heterocycles. The Kier molecular flexibility index (Phi) is 13.7. The minimum absolute atomic E-state index is 0.272. The number of sulfonamides is 2. The lowest BCUT2D eigenvalue weighted by atomic mass is 10.1. The van der Waals surface area contributed by atoms with Crippen LogP contribution in [0.2, 0.25) is 0 Å². The van der Waals surface area contributed by atoms with Crippen LogP contribution in [0.3, 0.4) is 0 Å². The van der Waals surface area contributed by atoms with E-state index in [-0.39, 0.29) is 5.97 Å². The van der Waals surface area contributed by atoms with Gasteiger partial charge in [0.25, 0.3) is 0 Å². The number of carbonyl (C=O) groups is 1. The zero-order chi connectivity index (χ0) is 28.2. The lowest BCUT2D eigenvalue weighted by Crippen LogP contribution is -2.30. The van der Waals surface area contributed by atoms with Crippen molar-refractivity contribution in [3.63, 3.8) is 0 Å². The molecule has 210 valence electrons. The van der Waals surface area contributed by atoms with Crippen molar-refractivity contribution in [3.05, 3.63) is 35.0 Å². The molecule has 0 atom stereocenters. The van der Waals surface area contributed by atoms with Gasteiger partial charge in [-0.3, -0.25) is 0 Å². The van der Waals surface area contributed by atoms with Crippen molar-refractivity contribution < 1.29 is 57.3 Å². The second-order valence-corrected chi connectivity index (χ2v) is 10.9. The molecule has 0 fully saturated rings. The minimum Gasteiger partial charge on any atom is -0.462 e. The standard InChI is InChI=1S/C17H29N2O2.C2F6NO4S2/c1-4-18-12-13-19(15-18)11-9-7-5-6-8-10-14-21-17(20)16(2)3;3-1(4,5)14(10,11)9-15(12,13)2(6,7)8/h12-13,15H,2,4-11,14H2,1,3H3;/q+1;-1. The maximum atomic E-state index is 11.4. The Morgan fingerprint density at radius 1 is 0.944 bits per heavy atom. The fourth-order valence-electron chi connectivity index (χ4n) is 2.36. The fourth-order valence-corrected chi connectivity index (χ4v) is 4.07. The summed E-state index contributed by atoms with van der Waals surface area (Å²) in [7, 11) is -13.4. The summed E-state index contributed by atoms with van der Waals surface area (Å²) in [6.45, 7) is 10.0. The van der Waals surface area contributed by atoms with Gasteiger partial charge in [0.05, 0.1) is 19.7 Å². The number of unbranched alkanes of at least 4 members (excludes halogenated alkanes) is 5. The summed E-state index contributed by atoms with van der Waals surface area (Å²) in [4.78, 5) is 11.1. The maximum Gasteiger partial charge on any atom is 0.480 e. The van der Waals surface area contributed by atoms with E-state index in [4.69, 9.17) is 4.74 Å². The van der Waals surface area contributed by atoms with Gasteiger partial charge in [-0.2, -0.15) is 26.3 Å². The number of carbonyl (C=O) groups excluding carboxylic acids is 1. The zero-order valence-electron chi connectivity index (χ0n) is 19.7. The number of aromatic nitrogens is 2. The number of nitrogens with zero attached hydrogens (tertiary/aromatic N) is 3. The molecular weight excluding hydrogens is 544 g/mol. The van der Waals surface area contributed by atoms with Gasteiger partial charge in [0.15, 0.2) is 20.0 Å². The Labute approximate surface area is 206 Å². The van der Waals surface area contributed by atoms with Gasteiger partial charge in [-0.05, 0) is 33.1 Å². The second kappa shape index (κ2) is 14.6. The molecule has 36 heavy (non-hydrogen) atoms. The Balaban J connectivity index is 0.000000723. The Hall–Kier alpha value is -2.14. The molecule has 1 aromatic heterocycles. The van der Waals surface area contributed by atoms with Gasteiger partial charge < -0.3 is 8.86 Å². The highest BCUT2D eigenvalue weighted by atomic mass is 32.3. The third-order valence-electron chi connectivity index (χ3n) is 4.28. The summed E-state index contributed by atoms with van der Waals surface area (Å²) in [6, 6.07) is 0. The fraction of sp³-hybridized carbons (Fsp3) is 0.684. The minimum atomic E-state index is -6.72. The van der Waals surface area contributed by atoms with Gasteiger partial charge in [-0.15, -0.1) is 0 Å². The topological polar surface area (TPSA) is 117 Å². The molecule has 17 heteroatoms. The van der Waals surface area contributed by atoms with Crippen molar-refractivity contribution in [2.24, 2.45) is 0 Å². The van der Waals surface area contributed by atoms with Gasteiger partial charge >= 0.3 is 17.0 Å². The van der Waals surface area contributed by atoms with Crippen LogP contribution in [0.1, 0.15) is 52.4 Å². The summed E-state index contributed by atoms with van der Waals surface area (Å²) in [5, 5.41) is 0. The summed E-state index contributed by atoms with van der Waals surface area (Å²) < 4.78 is 119. The number of esters is 1. The van der Waals surface area contributed by atoms with Crippen molar-refractivity contribution in [3.8, 4) is 0 Å². The van der Waals surface area contributed by atoms with Crippen LogP contribution in [0.4, 0.5) is 26.3 Å². The van der Waals surface area contributed by atoms with E-state index in [1.807, 2.05) is 0 Å². The average molecular weight is 574 g/mol. The molecule has 0 unspecified atom stereocenters. The summed E-state index contributed by atoms with van der Waals surface area (Å²) in [5.74, 6) is -0.272. The van der Waals surface area contributed by atoms with Crippen molar-refractivity contribution in [2.75, 3.05) is 6.61 Å². The van der Waals surface area contributed by atoms with Crippen LogP contribution in [-0.4, -0.2) is 45.0 Å². The highest BCUT2D eigenvalue weighted by Crippen LogP contribution is 2.36. The number of ether oxygens (including phenoxy) is 1. The molecule has 0 saturated heterocycles. The maximum absolute atomic E-state index is 11.4. The molecule has 0 aliphatic carbocycles. The van der Waals surface area contributed by atoms with E-state index in [2.05, 4.69) is 41.4 Å². The number of hydrogen-bond acceptors (Lipinski definition) is 6. The van der Waals surface area contributed by atoms with Gasteiger partial charge in [0, 0.05) is 5.57 Å². The first-order valence-corrected chi connectivity index (χ1v) is 13.5. The van der Waals surface area contributed by atoms with Crippen LogP contribution in [0, 0.1) is 0 Å². The van der Waals surface area contributed by atoms with E-state index < -0.39 is 31.1 Å². The van der Waals surface area contributed by atoms with E-state index in [1.165, 1.54) is 25.7 Å². The molecule has 0 saturated carbocycles. The van der Waals surface area contributed by atoms with E-state index >= 15 is 0 Å². The van der Waals surface area contributed by atoms with Crippen molar-refractivity contribution >= 4 is 26.0 Å². The molecule has 1 heterocycles. The average Bonchev–Trinajstić information content (AvgIpc) is 3.18. The summed E-state index contributed by atoms with van der Waals surface area (Å²) in [6.07, 6.45) is 13.4. The molecule has 0 spiro atoms. The number of hydrogen-bond donors (Lipinski definition) is 0. The van der Waals surface area contributed by atoms with E-state index in [1.54, 1.807) is 6.92 Å². The number of imidazole rings is 1. The molecule has 1 aromatic rings. The second-order valence-electron chi connectivity index (χ2n) is 7.44. The van der Waals surface area contributed by atoms with Crippen LogP contribution >= 0.6 is 0 Å². The van der Waals surface area contributed by atoms with Gasteiger partial charge in [-0.1, -0.05) is 25.8 Å². The van der Waals surface area contributed by atoms with Gasteiger partial charge in [0.1, 0.15) is 12.4 Å². The smallest absolute Gasteiger partial charge is 0.462 e. The molecule has 0 aliphatic rings. The van der Waals surface area contributed by atoms with Crippen molar-refractivity contribution in [1.82, 2.24) is 4.57 Å². The van der Waals surface area contributed by atoms with Crippen LogP contribution in [0.5, 0.6) is 0 Å². The van der Waals surface area contributed by atoms with Crippen LogP contribution < -0.4 is 4.57 Å². The lowest BCUT2D eigenvalue weighted by molar-refractivity contribution is -0.696. The molecule has 0 radical (unpaired) electrons. The molecule has 0 amide bonds. The van der Waals surface area contributed by atoms with Crippen LogP contribution in [0.15, 0.2) is 30.9 Å². The number of halogens is 6. The number of alkyl halides is 6. The summed E-state index contributed by atoms with van der Waals surface area (Å²) >= 11 is 0. The molecule has 9 nitrogen and oxygen atoms in total. The third kappa shape index (κ3) is 12.7. The predicted octanol–water partition coefficient (Wildman–Crippen LogP) is 4.31. The Bertz CT molecular complexity index is 1010. The van der Waals surface area contributed by atoms with E-state index in [0.29, 0.717) is 12.2 Å². The first-order chi connectivity index (χ1) is 16.3. The largest absolute Gasteiger partial charge is 0.480 e. The van der Waals surface area contributed by atoms with Crippen LogP contribution in [0.25, 0.3) is 4.13 Å². The van der Waals surface area contributed by atoms with Crippen molar-refractivity contribution in [1.29, 1.82) is 0 Å². The Morgan fingerprint density at radius 3 is 1.83 bits per heavy atom. The number of rotatable bonds is 13. The van der Waals surface area contributed by atoms with E-state index in [0.717, 1.165) is 30.1 Å². The van der Waals surface area contributed by atoms with Crippen LogP contribution in [-0.2, 0) is 42.7 Å². The lowest BCUT2D eigenvalue weighted by Gasteiger charge is -2.22. The highest BCUT2D eigenvalue weighted by molar-refractivity contribution is 8.13. The Morgan fingerprint density at radius 2 is 1.42 bits per heavy atom. The number of aryl methyl sites for hydroxylation is 2. The third-order valence-corrected chi connectivity index (χ3v) is 7.02. The molecule has 0 bridgehead atoms. The van der Waals surface area contributed by atoms with Crippen molar-refractivity contribution in [2.45, 2.75) is 76.5 Å². The quantitative estimate of drug-likeness (QED) is 0.114. The molecule has 1 rings (SSSR count). The predicted molar refractivity (Wildman–Crippen MR) is 117 cm³/mol. The highest BCUT2D eigenvalue weighted by Gasteiger charge is 2.46.